The average molecular weight is 293 g/mol. The van der Waals surface area contributed by atoms with Crippen LogP contribution in [0.2, 0.25) is 0 Å². The van der Waals surface area contributed by atoms with Gasteiger partial charge in [-0.3, -0.25) is 9.69 Å². The number of carbonyl (C=O) groups is 1. The summed E-state index contributed by atoms with van der Waals surface area (Å²) in [6.45, 7) is 7.98. The molecule has 1 aliphatic rings. The van der Waals surface area contributed by atoms with E-state index in [1.54, 1.807) is 6.20 Å². The molecule has 1 aliphatic heterocycles. The summed E-state index contributed by atoms with van der Waals surface area (Å²) in [7, 11) is 0. The smallest absolute Gasteiger partial charge is 0.271 e. The van der Waals surface area contributed by atoms with Crippen molar-refractivity contribution in [3.05, 3.63) is 18.1 Å². The maximum Gasteiger partial charge on any atom is 0.271 e. The number of hydrogen-bond donors (Lipinski definition) is 2. The van der Waals surface area contributed by atoms with Gasteiger partial charge in [0.1, 0.15) is 11.5 Å². The van der Waals surface area contributed by atoms with Crippen molar-refractivity contribution in [1.82, 2.24) is 20.2 Å². The van der Waals surface area contributed by atoms with Crippen molar-refractivity contribution in [1.29, 1.82) is 0 Å². The van der Waals surface area contributed by atoms with Crippen LogP contribution in [-0.4, -0.2) is 66.7 Å². The van der Waals surface area contributed by atoms with E-state index in [0.29, 0.717) is 18.1 Å². The summed E-state index contributed by atoms with van der Waals surface area (Å²) in [5.41, 5.74) is 0.349. The number of hydrogen-bond acceptors (Lipinski definition) is 6. The fraction of sp³-hybridized carbons (Fsp3) is 0.643. The molecule has 1 fully saturated rings. The topological polar surface area (TPSA) is 79.4 Å². The van der Waals surface area contributed by atoms with Crippen LogP contribution in [0.3, 0.4) is 0 Å². The molecule has 2 heterocycles. The highest BCUT2D eigenvalue weighted by Gasteiger charge is 2.10. The zero-order valence-electron chi connectivity index (χ0n) is 12.5. The first-order valence-electron chi connectivity index (χ1n) is 7.44. The van der Waals surface area contributed by atoms with E-state index in [0.717, 1.165) is 45.8 Å². The summed E-state index contributed by atoms with van der Waals surface area (Å²) < 4.78 is 5.31. The number of rotatable bonds is 7. The lowest BCUT2D eigenvalue weighted by atomic mass is 10.4. The number of nitrogens with one attached hydrogen (secondary N) is 2. The third kappa shape index (κ3) is 5.28. The van der Waals surface area contributed by atoms with E-state index in [-0.39, 0.29) is 5.91 Å². The number of anilines is 1. The van der Waals surface area contributed by atoms with Crippen molar-refractivity contribution in [2.75, 3.05) is 51.3 Å². The van der Waals surface area contributed by atoms with Gasteiger partial charge < -0.3 is 15.4 Å². The Morgan fingerprint density at radius 3 is 2.76 bits per heavy atom. The van der Waals surface area contributed by atoms with Gasteiger partial charge in [0.25, 0.3) is 5.91 Å². The molecule has 0 bridgehead atoms. The summed E-state index contributed by atoms with van der Waals surface area (Å²) >= 11 is 0. The number of nitrogens with zero attached hydrogens (tertiary/aromatic N) is 3. The minimum Gasteiger partial charge on any atom is -0.379 e. The molecular formula is C14H23N5O2. The molecule has 2 N–H and O–H groups in total. The van der Waals surface area contributed by atoms with Crippen LogP contribution in [0.1, 0.15) is 23.8 Å². The second-order valence-corrected chi connectivity index (χ2v) is 4.92. The molecule has 116 valence electrons. The van der Waals surface area contributed by atoms with E-state index in [4.69, 9.17) is 4.74 Å². The molecular weight excluding hydrogens is 270 g/mol. The van der Waals surface area contributed by atoms with Crippen LogP contribution in [0.15, 0.2) is 12.4 Å². The Morgan fingerprint density at radius 1 is 1.29 bits per heavy atom. The first-order chi connectivity index (χ1) is 10.3. The van der Waals surface area contributed by atoms with Crippen LogP contribution in [-0.2, 0) is 4.74 Å². The fourth-order valence-electron chi connectivity index (χ4n) is 2.03. The summed E-state index contributed by atoms with van der Waals surface area (Å²) in [6.07, 6.45) is 4.00. The molecule has 1 aromatic heterocycles. The molecule has 0 saturated carbocycles. The Morgan fingerprint density at radius 2 is 2.10 bits per heavy atom. The monoisotopic (exact) mass is 293 g/mol. The first kappa shape index (κ1) is 15.7. The number of carbonyl (C=O) groups excluding carboxylic acids is 1. The standard InChI is InChI=1S/C14H23N5O2/c1-2-3-16-14(20)12-10-18-13(11-17-12)15-4-5-19-6-8-21-9-7-19/h10-11H,2-9H2,1H3,(H,15,18)(H,16,20). The largest absolute Gasteiger partial charge is 0.379 e. The van der Waals surface area contributed by atoms with Crippen molar-refractivity contribution in [3.63, 3.8) is 0 Å². The average Bonchev–Trinajstić information content (AvgIpc) is 2.54. The zero-order chi connectivity index (χ0) is 14.9. The fourth-order valence-corrected chi connectivity index (χ4v) is 2.03. The molecule has 1 aromatic rings. The van der Waals surface area contributed by atoms with Gasteiger partial charge in [-0.05, 0) is 6.42 Å². The molecule has 1 amide bonds. The van der Waals surface area contributed by atoms with E-state index < -0.39 is 0 Å². The van der Waals surface area contributed by atoms with Gasteiger partial charge in [-0.2, -0.15) is 0 Å². The van der Waals surface area contributed by atoms with Crippen molar-refractivity contribution >= 4 is 11.7 Å². The second-order valence-electron chi connectivity index (χ2n) is 4.92. The maximum absolute atomic E-state index is 11.7. The summed E-state index contributed by atoms with van der Waals surface area (Å²) in [4.78, 5) is 22.4. The molecule has 0 unspecified atom stereocenters. The Bertz CT molecular complexity index is 431. The Balaban J connectivity index is 1.72. The third-order valence-corrected chi connectivity index (χ3v) is 3.26. The van der Waals surface area contributed by atoms with Gasteiger partial charge >= 0.3 is 0 Å². The molecule has 0 aliphatic carbocycles. The molecule has 7 heteroatoms. The minimum absolute atomic E-state index is 0.177. The van der Waals surface area contributed by atoms with Crippen LogP contribution < -0.4 is 10.6 Å². The lowest BCUT2D eigenvalue weighted by Gasteiger charge is -2.26. The van der Waals surface area contributed by atoms with Crippen molar-refractivity contribution < 1.29 is 9.53 Å². The second kappa shape index (κ2) is 8.53. The van der Waals surface area contributed by atoms with Gasteiger partial charge in [-0.1, -0.05) is 6.92 Å². The van der Waals surface area contributed by atoms with Gasteiger partial charge in [0.15, 0.2) is 0 Å². The van der Waals surface area contributed by atoms with Crippen molar-refractivity contribution in [2.45, 2.75) is 13.3 Å². The number of aromatic nitrogens is 2. The van der Waals surface area contributed by atoms with E-state index in [2.05, 4.69) is 25.5 Å². The molecule has 0 atom stereocenters. The summed E-state index contributed by atoms with van der Waals surface area (Å²) in [6, 6.07) is 0. The molecule has 21 heavy (non-hydrogen) atoms. The van der Waals surface area contributed by atoms with Crippen molar-refractivity contribution in [2.24, 2.45) is 0 Å². The van der Waals surface area contributed by atoms with Gasteiger partial charge in [0.05, 0.1) is 25.6 Å². The van der Waals surface area contributed by atoms with E-state index >= 15 is 0 Å². The van der Waals surface area contributed by atoms with Crippen LogP contribution in [0.25, 0.3) is 0 Å². The Labute approximate surface area is 125 Å². The van der Waals surface area contributed by atoms with E-state index in [1.807, 2.05) is 6.92 Å². The van der Waals surface area contributed by atoms with Crippen LogP contribution >= 0.6 is 0 Å². The van der Waals surface area contributed by atoms with Gasteiger partial charge in [-0.25, -0.2) is 9.97 Å². The normalized spacial score (nSPS) is 15.7. The summed E-state index contributed by atoms with van der Waals surface area (Å²) in [5.74, 6) is 0.513. The van der Waals surface area contributed by atoms with Crippen LogP contribution in [0.4, 0.5) is 5.82 Å². The van der Waals surface area contributed by atoms with Crippen LogP contribution in [0.5, 0.6) is 0 Å². The molecule has 2 rings (SSSR count). The molecule has 0 aromatic carbocycles. The first-order valence-corrected chi connectivity index (χ1v) is 7.44. The number of morpholine rings is 1. The SMILES string of the molecule is CCCNC(=O)c1cnc(NCCN2CCOCC2)cn1. The molecule has 0 radical (unpaired) electrons. The van der Waals surface area contributed by atoms with Gasteiger partial charge in [0, 0.05) is 32.7 Å². The predicted octanol–water partition coefficient (Wildman–Crippen LogP) is 0.361. The molecule has 0 spiro atoms. The van der Waals surface area contributed by atoms with Crippen molar-refractivity contribution in [3.8, 4) is 0 Å². The zero-order valence-corrected chi connectivity index (χ0v) is 12.5. The third-order valence-electron chi connectivity index (χ3n) is 3.26. The molecule has 1 saturated heterocycles. The lowest BCUT2D eigenvalue weighted by molar-refractivity contribution is 0.0398. The highest BCUT2D eigenvalue weighted by atomic mass is 16.5. The molecule has 7 nitrogen and oxygen atoms in total. The minimum atomic E-state index is -0.177. The highest BCUT2D eigenvalue weighted by Crippen LogP contribution is 2.02. The van der Waals surface area contributed by atoms with Gasteiger partial charge in [-0.15, -0.1) is 0 Å². The van der Waals surface area contributed by atoms with Gasteiger partial charge in [0.2, 0.25) is 0 Å². The lowest BCUT2D eigenvalue weighted by Crippen LogP contribution is -2.39. The highest BCUT2D eigenvalue weighted by molar-refractivity contribution is 5.91. The maximum atomic E-state index is 11.7. The van der Waals surface area contributed by atoms with Crippen LogP contribution in [0, 0.1) is 0 Å². The predicted molar refractivity (Wildman–Crippen MR) is 80.4 cm³/mol. The number of amides is 1. The summed E-state index contributed by atoms with van der Waals surface area (Å²) in [5, 5.41) is 5.99. The number of ether oxygens (including phenoxy) is 1. The quantitative estimate of drug-likeness (QED) is 0.756. The van der Waals surface area contributed by atoms with E-state index in [1.165, 1.54) is 6.20 Å². The van der Waals surface area contributed by atoms with E-state index in [9.17, 15) is 4.79 Å². The Kier molecular flexibility index (Phi) is 6.36. The Hall–Kier alpha value is -1.73.